The molecule has 0 bridgehead atoms. The van der Waals surface area contributed by atoms with Gasteiger partial charge in [0.2, 0.25) is 0 Å². The lowest BCUT2D eigenvalue weighted by molar-refractivity contribution is 0.0812. The summed E-state index contributed by atoms with van der Waals surface area (Å²) in [4.78, 5) is 14.7. The summed E-state index contributed by atoms with van der Waals surface area (Å²) in [6.45, 7) is 9.15. The highest BCUT2D eigenvalue weighted by molar-refractivity contribution is 5.77. The number of halogens is 1. The van der Waals surface area contributed by atoms with E-state index in [0.29, 0.717) is 19.4 Å². The Morgan fingerprint density at radius 1 is 1.33 bits per heavy atom. The number of urea groups is 1. The number of benzene rings is 1. The molecule has 1 fully saturated rings. The quantitative estimate of drug-likeness (QED) is 0.862. The Balaban J connectivity index is 2.26. The van der Waals surface area contributed by atoms with Crippen LogP contribution in [0.1, 0.15) is 52.5 Å². The first-order valence-electron chi connectivity index (χ1n) is 8.65. The summed E-state index contributed by atoms with van der Waals surface area (Å²) >= 11 is 0. The predicted molar refractivity (Wildman–Crippen MR) is 93.2 cm³/mol. The summed E-state index contributed by atoms with van der Waals surface area (Å²) in [5, 5.41) is 12.4. The normalized spacial score (nSPS) is 23.1. The van der Waals surface area contributed by atoms with Crippen molar-refractivity contribution in [2.75, 3.05) is 13.2 Å². The van der Waals surface area contributed by atoms with Gasteiger partial charge in [-0.1, -0.05) is 32.9 Å². The van der Waals surface area contributed by atoms with Crippen LogP contribution in [-0.4, -0.2) is 35.2 Å². The minimum atomic E-state index is -0.540. The van der Waals surface area contributed by atoms with Crippen molar-refractivity contribution in [3.05, 3.63) is 35.6 Å². The van der Waals surface area contributed by atoms with Gasteiger partial charge in [-0.05, 0) is 49.3 Å². The van der Waals surface area contributed by atoms with E-state index in [2.05, 4.69) is 33.0 Å². The zero-order valence-corrected chi connectivity index (χ0v) is 15.1. The van der Waals surface area contributed by atoms with Gasteiger partial charge in [-0.3, -0.25) is 0 Å². The maximum absolute atomic E-state index is 13.3. The number of nitrogens with one attached hydrogen (secondary N) is 1. The van der Waals surface area contributed by atoms with Crippen molar-refractivity contribution in [3.8, 4) is 0 Å². The molecule has 0 saturated carbocycles. The Morgan fingerprint density at radius 3 is 2.46 bits per heavy atom. The minimum Gasteiger partial charge on any atom is -0.396 e. The summed E-state index contributed by atoms with van der Waals surface area (Å²) < 4.78 is 13.3. The Labute approximate surface area is 144 Å². The molecule has 0 spiro atoms. The molecule has 0 aliphatic carbocycles. The molecule has 2 unspecified atom stereocenters. The molecule has 1 aliphatic rings. The van der Waals surface area contributed by atoms with Gasteiger partial charge < -0.3 is 15.3 Å². The molecule has 2 atom stereocenters. The third-order valence-electron chi connectivity index (χ3n) is 5.27. The van der Waals surface area contributed by atoms with Gasteiger partial charge in [-0.2, -0.15) is 0 Å². The van der Waals surface area contributed by atoms with E-state index in [0.717, 1.165) is 12.0 Å². The molecule has 24 heavy (non-hydrogen) atoms. The van der Waals surface area contributed by atoms with Crippen LogP contribution in [0.5, 0.6) is 0 Å². The average Bonchev–Trinajstić information content (AvgIpc) is 2.52. The number of rotatable bonds is 5. The Kier molecular flexibility index (Phi) is 5.53. The van der Waals surface area contributed by atoms with Crippen LogP contribution in [0.4, 0.5) is 9.18 Å². The topological polar surface area (TPSA) is 52.6 Å². The molecule has 1 aliphatic heterocycles. The van der Waals surface area contributed by atoms with Crippen molar-refractivity contribution >= 4 is 6.03 Å². The van der Waals surface area contributed by atoms with Crippen molar-refractivity contribution in [3.63, 3.8) is 0 Å². The van der Waals surface area contributed by atoms with E-state index in [1.165, 1.54) is 12.1 Å². The number of amides is 2. The molecule has 4 nitrogen and oxygen atoms in total. The van der Waals surface area contributed by atoms with Crippen molar-refractivity contribution < 1.29 is 14.3 Å². The average molecular weight is 336 g/mol. The molecule has 2 N–H and O–H groups in total. The summed E-state index contributed by atoms with van der Waals surface area (Å²) in [5.74, 6) is -0.291. The highest BCUT2D eigenvalue weighted by atomic mass is 19.1. The molecule has 134 valence electrons. The lowest BCUT2D eigenvalue weighted by atomic mass is 9.79. The molecule has 1 heterocycles. The zero-order chi connectivity index (χ0) is 18.0. The first-order chi connectivity index (χ1) is 11.2. The lowest BCUT2D eigenvalue weighted by Crippen LogP contribution is -2.61. The van der Waals surface area contributed by atoms with Crippen LogP contribution in [-0.2, 0) is 5.54 Å². The number of aliphatic hydroxyl groups excluding tert-OH is 1. The molecule has 2 amide bonds. The van der Waals surface area contributed by atoms with Crippen LogP contribution in [0.15, 0.2) is 24.3 Å². The second-order valence-corrected chi connectivity index (χ2v) is 7.83. The van der Waals surface area contributed by atoms with E-state index in [1.807, 2.05) is 4.90 Å². The van der Waals surface area contributed by atoms with Crippen LogP contribution in [0, 0.1) is 11.2 Å². The fraction of sp³-hybridized carbons (Fsp3) is 0.632. The predicted octanol–water partition coefficient (Wildman–Crippen LogP) is 3.64. The van der Waals surface area contributed by atoms with Crippen LogP contribution in [0.25, 0.3) is 0 Å². The van der Waals surface area contributed by atoms with E-state index < -0.39 is 5.54 Å². The largest absolute Gasteiger partial charge is 0.396 e. The van der Waals surface area contributed by atoms with Crippen LogP contribution in [0.2, 0.25) is 0 Å². The van der Waals surface area contributed by atoms with Crippen molar-refractivity contribution in [1.82, 2.24) is 10.2 Å². The fourth-order valence-corrected chi connectivity index (χ4v) is 3.29. The molecular formula is C19H29FN2O2. The maximum Gasteiger partial charge on any atom is 0.318 e. The molecule has 2 rings (SSSR count). The molecule has 1 aromatic carbocycles. The van der Waals surface area contributed by atoms with Crippen LogP contribution < -0.4 is 5.32 Å². The summed E-state index contributed by atoms with van der Waals surface area (Å²) in [6, 6.07) is 6.33. The van der Waals surface area contributed by atoms with E-state index in [1.54, 1.807) is 12.1 Å². The molecule has 1 aromatic rings. The lowest BCUT2D eigenvalue weighted by Gasteiger charge is -2.47. The summed E-state index contributed by atoms with van der Waals surface area (Å²) in [6.07, 6.45) is 1.97. The van der Waals surface area contributed by atoms with Gasteiger partial charge in [-0.25, -0.2) is 9.18 Å². The van der Waals surface area contributed by atoms with Crippen molar-refractivity contribution in [2.45, 2.75) is 58.5 Å². The van der Waals surface area contributed by atoms with Gasteiger partial charge in [0.1, 0.15) is 5.82 Å². The molecule has 0 radical (unpaired) electrons. The monoisotopic (exact) mass is 336 g/mol. The van der Waals surface area contributed by atoms with Gasteiger partial charge in [-0.15, -0.1) is 0 Å². The molecular weight excluding hydrogens is 307 g/mol. The highest BCUT2D eigenvalue weighted by Crippen LogP contribution is 2.36. The number of nitrogens with zero attached hydrogens (tertiary/aromatic N) is 1. The first-order valence-corrected chi connectivity index (χ1v) is 8.65. The molecule has 5 heteroatoms. The van der Waals surface area contributed by atoms with Gasteiger partial charge in [0.15, 0.2) is 0 Å². The minimum absolute atomic E-state index is 0.00167. The van der Waals surface area contributed by atoms with E-state index >= 15 is 0 Å². The standard InChI is InChI=1S/C19H29FN2O2/c1-14(18(2,3)4)22-12-11-19(10-5-13-23,21-17(22)24)15-6-8-16(20)9-7-15/h6-9,14,23H,5,10-13H2,1-4H3,(H,21,24). The van der Waals surface area contributed by atoms with Crippen molar-refractivity contribution in [1.29, 1.82) is 0 Å². The highest BCUT2D eigenvalue weighted by Gasteiger charge is 2.42. The SMILES string of the molecule is CC(N1CCC(CCCO)(c2ccc(F)cc2)NC1=O)C(C)(C)C. The number of hydrogen-bond donors (Lipinski definition) is 2. The number of carbonyl (C=O) groups excluding carboxylic acids is 1. The maximum atomic E-state index is 13.3. The van der Waals surface area contributed by atoms with Crippen LogP contribution >= 0.6 is 0 Å². The van der Waals surface area contributed by atoms with Crippen molar-refractivity contribution in [2.24, 2.45) is 5.41 Å². The molecule has 1 saturated heterocycles. The van der Waals surface area contributed by atoms with E-state index in [4.69, 9.17) is 0 Å². The van der Waals surface area contributed by atoms with E-state index in [-0.39, 0.29) is 29.9 Å². The Hall–Kier alpha value is -1.62. The smallest absolute Gasteiger partial charge is 0.318 e. The zero-order valence-electron chi connectivity index (χ0n) is 15.1. The first kappa shape index (κ1) is 18.7. The Morgan fingerprint density at radius 2 is 1.96 bits per heavy atom. The fourth-order valence-electron chi connectivity index (χ4n) is 3.29. The van der Waals surface area contributed by atoms with Crippen LogP contribution in [0.3, 0.4) is 0 Å². The second-order valence-electron chi connectivity index (χ2n) is 7.83. The van der Waals surface area contributed by atoms with E-state index in [9.17, 15) is 14.3 Å². The van der Waals surface area contributed by atoms with Gasteiger partial charge >= 0.3 is 6.03 Å². The van der Waals surface area contributed by atoms with Gasteiger partial charge in [0.25, 0.3) is 0 Å². The molecule has 0 aromatic heterocycles. The van der Waals surface area contributed by atoms with Gasteiger partial charge in [0, 0.05) is 19.2 Å². The third-order valence-corrected chi connectivity index (χ3v) is 5.27. The summed E-state index contributed by atoms with van der Waals surface area (Å²) in [5.41, 5.74) is 0.355. The summed E-state index contributed by atoms with van der Waals surface area (Å²) in [7, 11) is 0. The Bertz CT molecular complexity index is 568. The van der Waals surface area contributed by atoms with Gasteiger partial charge in [0.05, 0.1) is 5.54 Å². The number of carbonyl (C=O) groups is 1. The second kappa shape index (κ2) is 7.09. The third kappa shape index (κ3) is 3.89. The number of aliphatic hydroxyl groups is 1. The number of hydrogen-bond acceptors (Lipinski definition) is 2.